The molecule has 8 heteroatoms. The fourth-order valence-corrected chi connectivity index (χ4v) is 2.03. The number of nitrogens with zero attached hydrogens (tertiary/aromatic N) is 2. The largest absolute Gasteiger partial charge is 0.433 e. The molecule has 21 heavy (non-hydrogen) atoms. The summed E-state index contributed by atoms with van der Waals surface area (Å²) in [6.45, 7) is 1.62. The molecular weight excluding hydrogens is 308 g/mol. The minimum absolute atomic E-state index is 0.181. The van der Waals surface area contributed by atoms with Crippen LogP contribution in [-0.2, 0) is 13.2 Å². The maximum absolute atomic E-state index is 13.9. The fourth-order valence-electron chi connectivity index (χ4n) is 1.83. The number of hydrogen-bond acceptors (Lipinski definition) is 3. The second-order valence-corrected chi connectivity index (χ2v) is 4.96. The van der Waals surface area contributed by atoms with Crippen molar-refractivity contribution < 1.29 is 17.6 Å². The third-order valence-corrected chi connectivity index (χ3v) is 3.41. The van der Waals surface area contributed by atoms with Crippen molar-refractivity contribution in [1.82, 2.24) is 9.78 Å². The Kier molecular flexibility index (Phi) is 3.83. The molecule has 1 heterocycles. The normalized spacial score (nSPS) is 11.8. The van der Waals surface area contributed by atoms with E-state index in [0.717, 1.165) is 13.1 Å². The van der Waals surface area contributed by atoms with Gasteiger partial charge in [0, 0.05) is 23.6 Å². The molecule has 3 nitrogen and oxygen atoms in total. The molecule has 0 saturated heterocycles. The average molecular weight is 318 g/mol. The summed E-state index contributed by atoms with van der Waals surface area (Å²) < 4.78 is 52.4. The van der Waals surface area contributed by atoms with Crippen LogP contribution in [0.5, 0.6) is 0 Å². The van der Waals surface area contributed by atoms with Crippen LogP contribution in [0.25, 0.3) is 11.3 Å². The van der Waals surface area contributed by atoms with Gasteiger partial charge in [-0.2, -0.15) is 18.3 Å². The fraction of sp³-hybridized carbons (Fsp3) is 0.231. The third kappa shape index (κ3) is 2.94. The number of benzene rings is 1. The number of halogens is 4. The van der Waals surface area contributed by atoms with Crippen LogP contribution >= 0.6 is 12.6 Å². The van der Waals surface area contributed by atoms with Crippen LogP contribution in [-0.4, -0.2) is 9.78 Å². The maximum Gasteiger partial charge on any atom is 0.433 e. The molecule has 2 rings (SSSR count). The molecule has 0 bridgehead atoms. The summed E-state index contributed by atoms with van der Waals surface area (Å²) in [5, 5.41) is 3.55. The van der Waals surface area contributed by atoms with Gasteiger partial charge in [0.15, 0.2) is 0 Å². The standard InChI is InChI=1S/C13H10F4N2OS/c1-6-3-8(14)7(4-10(6)21)12-9(20)5-11(13(15,16)17)19(2)18-12/h3-5,21H,1-2H3. The second-order valence-electron chi connectivity index (χ2n) is 4.48. The van der Waals surface area contributed by atoms with Crippen molar-refractivity contribution in [2.24, 2.45) is 7.05 Å². The Labute approximate surface area is 122 Å². The molecule has 1 aromatic carbocycles. The van der Waals surface area contributed by atoms with E-state index in [9.17, 15) is 22.4 Å². The van der Waals surface area contributed by atoms with Crippen LogP contribution in [0.15, 0.2) is 27.9 Å². The Morgan fingerprint density at radius 1 is 1.24 bits per heavy atom. The van der Waals surface area contributed by atoms with Crippen molar-refractivity contribution in [1.29, 1.82) is 0 Å². The lowest BCUT2D eigenvalue weighted by Gasteiger charge is -2.13. The highest BCUT2D eigenvalue weighted by atomic mass is 32.1. The molecule has 0 fully saturated rings. The molecule has 0 aliphatic heterocycles. The zero-order valence-electron chi connectivity index (χ0n) is 11.0. The van der Waals surface area contributed by atoms with Gasteiger partial charge in [-0.3, -0.25) is 9.48 Å². The predicted octanol–water partition coefficient (Wildman–Crippen LogP) is 3.20. The average Bonchev–Trinajstić information content (AvgIpc) is 2.35. The molecule has 0 aliphatic carbocycles. The third-order valence-electron chi connectivity index (χ3n) is 2.93. The van der Waals surface area contributed by atoms with Gasteiger partial charge in [-0.25, -0.2) is 4.39 Å². The van der Waals surface area contributed by atoms with Gasteiger partial charge in [-0.1, -0.05) is 0 Å². The van der Waals surface area contributed by atoms with E-state index in [1.807, 2.05) is 0 Å². The number of aromatic nitrogens is 2. The van der Waals surface area contributed by atoms with Gasteiger partial charge < -0.3 is 0 Å². The van der Waals surface area contributed by atoms with E-state index in [1.165, 1.54) is 6.07 Å². The second kappa shape index (κ2) is 5.18. The highest BCUT2D eigenvalue weighted by Gasteiger charge is 2.34. The Morgan fingerprint density at radius 3 is 2.43 bits per heavy atom. The molecular formula is C13H10F4N2OS. The first kappa shape index (κ1) is 15.6. The first-order valence-electron chi connectivity index (χ1n) is 5.76. The van der Waals surface area contributed by atoms with E-state index in [2.05, 4.69) is 17.7 Å². The lowest BCUT2D eigenvalue weighted by Crippen LogP contribution is -2.22. The lowest BCUT2D eigenvalue weighted by atomic mass is 10.1. The van der Waals surface area contributed by atoms with Gasteiger partial charge in [-0.15, -0.1) is 12.6 Å². The van der Waals surface area contributed by atoms with Crippen molar-refractivity contribution in [3.63, 3.8) is 0 Å². The highest BCUT2D eigenvalue weighted by molar-refractivity contribution is 7.80. The summed E-state index contributed by atoms with van der Waals surface area (Å²) in [6.07, 6.45) is -4.71. The maximum atomic E-state index is 13.9. The molecule has 0 unspecified atom stereocenters. The first-order chi connectivity index (χ1) is 9.61. The van der Waals surface area contributed by atoms with Gasteiger partial charge in [0.2, 0.25) is 5.43 Å². The molecule has 0 spiro atoms. The van der Waals surface area contributed by atoms with Crippen molar-refractivity contribution in [3.8, 4) is 11.3 Å². The number of alkyl halides is 3. The monoisotopic (exact) mass is 318 g/mol. The van der Waals surface area contributed by atoms with E-state index in [-0.39, 0.29) is 5.56 Å². The number of rotatable bonds is 1. The van der Waals surface area contributed by atoms with Crippen LogP contribution in [0.4, 0.5) is 17.6 Å². The first-order valence-corrected chi connectivity index (χ1v) is 6.21. The van der Waals surface area contributed by atoms with Crippen molar-refractivity contribution in [3.05, 3.63) is 45.5 Å². The predicted molar refractivity (Wildman–Crippen MR) is 71.9 cm³/mol. The summed E-state index contributed by atoms with van der Waals surface area (Å²) >= 11 is 4.11. The Bertz CT molecular complexity index is 768. The Balaban J connectivity index is 2.70. The molecule has 0 amide bonds. The van der Waals surface area contributed by atoms with Gasteiger partial charge in [0.1, 0.15) is 17.2 Å². The van der Waals surface area contributed by atoms with Gasteiger partial charge in [-0.05, 0) is 24.6 Å². The summed E-state index contributed by atoms with van der Waals surface area (Å²) in [5.74, 6) is -0.741. The summed E-state index contributed by atoms with van der Waals surface area (Å²) in [6, 6.07) is 2.82. The molecule has 2 aromatic rings. The zero-order chi connectivity index (χ0) is 15.9. The van der Waals surface area contributed by atoms with E-state index in [4.69, 9.17) is 0 Å². The van der Waals surface area contributed by atoms with Gasteiger partial charge in [0.05, 0.1) is 0 Å². The molecule has 0 saturated carbocycles. The minimum Gasteiger partial charge on any atom is -0.287 e. The quantitative estimate of drug-likeness (QED) is 0.647. The van der Waals surface area contributed by atoms with Crippen molar-refractivity contribution in [2.75, 3.05) is 0 Å². The smallest absolute Gasteiger partial charge is 0.287 e. The molecule has 0 aliphatic rings. The Morgan fingerprint density at radius 2 is 1.86 bits per heavy atom. The molecule has 112 valence electrons. The van der Waals surface area contributed by atoms with Crippen LogP contribution in [0.3, 0.4) is 0 Å². The number of aryl methyl sites for hydroxylation is 2. The Hall–Kier alpha value is -1.83. The SMILES string of the molecule is Cc1cc(F)c(-c2nn(C)c(C(F)(F)F)cc2=O)cc1S. The van der Waals surface area contributed by atoms with E-state index < -0.39 is 28.8 Å². The van der Waals surface area contributed by atoms with Crippen LogP contribution in [0.1, 0.15) is 11.3 Å². The van der Waals surface area contributed by atoms with Gasteiger partial charge >= 0.3 is 6.18 Å². The summed E-state index contributed by atoms with van der Waals surface area (Å²) in [4.78, 5) is 12.2. The number of hydrogen-bond donors (Lipinski definition) is 1. The van der Waals surface area contributed by atoms with E-state index in [0.29, 0.717) is 21.2 Å². The lowest BCUT2D eigenvalue weighted by molar-refractivity contribution is -0.144. The zero-order valence-corrected chi connectivity index (χ0v) is 11.9. The molecule has 0 N–H and O–H groups in total. The van der Waals surface area contributed by atoms with E-state index in [1.54, 1.807) is 6.92 Å². The summed E-state index contributed by atoms with van der Waals surface area (Å²) in [5.41, 5.74) is -2.23. The van der Waals surface area contributed by atoms with Crippen LogP contribution in [0, 0.1) is 12.7 Å². The molecule has 0 radical (unpaired) electrons. The van der Waals surface area contributed by atoms with E-state index >= 15 is 0 Å². The highest BCUT2D eigenvalue weighted by Crippen LogP contribution is 2.29. The van der Waals surface area contributed by atoms with Gasteiger partial charge in [0.25, 0.3) is 0 Å². The topological polar surface area (TPSA) is 34.9 Å². The van der Waals surface area contributed by atoms with Crippen molar-refractivity contribution >= 4 is 12.6 Å². The summed E-state index contributed by atoms with van der Waals surface area (Å²) in [7, 11) is 1.04. The molecule has 1 aromatic heterocycles. The van der Waals surface area contributed by atoms with Crippen molar-refractivity contribution in [2.45, 2.75) is 18.0 Å². The minimum atomic E-state index is -4.71. The van der Waals surface area contributed by atoms with Crippen LogP contribution < -0.4 is 5.43 Å². The molecule has 0 atom stereocenters. The number of thiol groups is 1. The van der Waals surface area contributed by atoms with Crippen LogP contribution in [0.2, 0.25) is 0 Å².